The first kappa shape index (κ1) is 13.1. The molecule has 1 aromatic rings. The molecule has 2 fully saturated rings. The molecule has 0 bridgehead atoms. The van der Waals surface area contributed by atoms with Crippen molar-refractivity contribution in [1.29, 1.82) is 0 Å². The Balaban J connectivity index is 1.69. The first-order chi connectivity index (χ1) is 9.24. The van der Waals surface area contributed by atoms with E-state index in [-0.39, 0.29) is 6.10 Å². The van der Waals surface area contributed by atoms with Crippen molar-refractivity contribution in [2.75, 3.05) is 0 Å². The molecule has 19 heavy (non-hydrogen) atoms. The molecule has 0 spiro atoms. The molecule has 2 aliphatic carbocycles. The maximum atomic E-state index is 10.6. The highest BCUT2D eigenvalue weighted by molar-refractivity contribution is 5.19. The van der Waals surface area contributed by atoms with Crippen molar-refractivity contribution < 1.29 is 5.11 Å². The third kappa shape index (κ3) is 2.84. The number of pyridine rings is 1. The quantitative estimate of drug-likeness (QED) is 0.870. The van der Waals surface area contributed by atoms with Gasteiger partial charge in [-0.15, -0.1) is 0 Å². The van der Waals surface area contributed by atoms with E-state index in [2.05, 4.69) is 11.1 Å². The van der Waals surface area contributed by atoms with E-state index in [1.165, 1.54) is 44.9 Å². The summed E-state index contributed by atoms with van der Waals surface area (Å²) in [7, 11) is 0. The van der Waals surface area contributed by atoms with Crippen molar-refractivity contribution in [1.82, 2.24) is 4.98 Å². The van der Waals surface area contributed by atoms with Crippen LogP contribution in [0.5, 0.6) is 0 Å². The van der Waals surface area contributed by atoms with Crippen molar-refractivity contribution in [3.63, 3.8) is 0 Å². The number of hydrogen-bond acceptors (Lipinski definition) is 2. The standard InChI is InChI=1S/C17H25NO/c1-12-8-16(11-18-10-12)17(19)15-7-6-13-4-2-3-5-14(13)9-15/h8,10-11,13-15,17,19H,2-7,9H2,1H3. The van der Waals surface area contributed by atoms with Gasteiger partial charge in [0.25, 0.3) is 0 Å². The topological polar surface area (TPSA) is 33.1 Å². The number of fused-ring (bicyclic) bond motifs is 1. The summed E-state index contributed by atoms with van der Waals surface area (Å²) in [4.78, 5) is 4.22. The summed E-state index contributed by atoms with van der Waals surface area (Å²) in [6, 6.07) is 2.09. The second-order valence-corrected chi connectivity index (χ2v) is 6.62. The number of aromatic nitrogens is 1. The molecule has 1 N–H and O–H groups in total. The van der Waals surface area contributed by atoms with Gasteiger partial charge in [-0.05, 0) is 55.1 Å². The summed E-state index contributed by atoms with van der Waals surface area (Å²) in [5.74, 6) is 2.27. The van der Waals surface area contributed by atoms with E-state index in [4.69, 9.17) is 0 Å². The van der Waals surface area contributed by atoms with E-state index in [1.54, 1.807) is 0 Å². The molecule has 4 atom stereocenters. The average molecular weight is 259 g/mol. The molecular formula is C17H25NO. The number of aliphatic hydroxyl groups excluding tert-OH is 1. The second kappa shape index (κ2) is 5.62. The lowest BCUT2D eigenvalue weighted by atomic mass is 9.66. The zero-order chi connectivity index (χ0) is 13.2. The lowest BCUT2D eigenvalue weighted by Crippen LogP contribution is -2.30. The molecular weight excluding hydrogens is 234 g/mol. The van der Waals surface area contributed by atoms with Gasteiger partial charge < -0.3 is 5.11 Å². The molecule has 4 unspecified atom stereocenters. The Hall–Kier alpha value is -0.890. The largest absolute Gasteiger partial charge is 0.388 e. The van der Waals surface area contributed by atoms with Crippen LogP contribution in [0.1, 0.15) is 62.2 Å². The molecule has 2 aliphatic rings. The number of aliphatic hydroxyl groups is 1. The number of aryl methyl sites for hydroxylation is 1. The molecule has 0 radical (unpaired) electrons. The third-order valence-corrected chi connectivity index (χ3v) is 5.26. The van der Waals surface area contributed by atoms with Crippen LogP contribution in [0.15, 0.2) is 18.5 Å². The molecule has 0 saturated heterocycles. The number of nitrogens with zero attached hydrogens (tertiary/aromatic N) is 1. The van der Waals surface area contributed by atoms with E-state index < -0.39 is 0 Å². The highest BCUT2D eigenvalue weighted by atomic mass is 16.3. The van der Waals surface area contributed by atoms with Crippen molar-refractivity contribution in [2.45, 2.75) is 58.0 Å². The molecule has 2 saturated carbocycles. The van der Waals surface area contributed by atoms with E-state index in [1.807, 2.05) is 19.3 Å². The van der Waals surface area contributed by atoms with Crippen LogP contribution in [0.2, 0.25) is 0 Å². The maximum absolute atomic E-state index is 10.6. The summed E-state index contributed by atoms with van der Waals surface area (Å²) in [6.45, 7) is 2.04. The molecule has 2 heteroatoms. The summed E-state index contributed by atoms with van der Waals surface area (Å²) in [6.07, 6.45) is 12.8. The Morgan fingerprint density at radius 1 is 1.11 bits per heavy atom. The highest BCUT2D eigenvalue weighted by Gasteiger charge is 2.35. The monoisotopic (exact) mass is 259 g/mol. The van der Waals surface area contributed by atoms with Crippen LogP contribution in [-0.4, -0.2) is 10.1 Å². The van der Waals surface area contributed by atoms with E-state index in [0.717, 1.165) is 23.0 Å². The second-order valence-electron chi connectivity index (χ2n) is 6.62. The van der Waals surface area contributed by atoms with E-state index in [9.17, 15) is 5.11 Å². The molecule has 3 rings (SSSR count). The molecule has 2 nitrogen and oxygen atoms in total. The molecule has 0 aromatic carbocycles. The molecule has 0 amide bonds. The van der Waals surface area contributed by atoms with Gasteiger partial charge in [-0.2, -0.15) is 0 Å². The predicted molar refractivity (Wildman–Crippen MR) is 76.7 cm³/mol. The van der Waals surface area contributed by atoms with Gasteiger partial charge in [-0.3, -0.25) is 4.98 Å². The smallest absolute Gasteiger partial charge is 0.0833 e. The Labute approximate surface area is 116 Å². The van der Waals surface area contributed by atoms with Crippen LogP contribution in [0.3, 0.4) is 0 Å². The fourth-order valence-corrected chi connectivity index (χ4v) is 4.21. The van der Waals surface area contributed by atoms with Crippen LogP contribution in [-0.2, 0) is 0 Å². The Kier molecular flexibility index (Phi) is 3.88. The summed E-state index contributed by atoms with van der Waals surface area (Å²) >= 11 is 0. The SMILES string of the molecule is Cc1cncc(C(O)C2CCC3CCCCC3C2)c1. The summed E-state index contributed by atoms with van der Waals surface area (Å²) < 4.78 is 0. The first-order valence-corrected chi connectivity index (χ1v) is 7.83. The Bertz CT molecular complexity index is 431. The number of rotatable bonds is 2. The molecule has 1 aromatic heterocycles. The maximum Gasteiger partial charge on any atom is 0.0833 e. The third-order valence-electron chi connectivity index (χ3n) is 5.26. The highest BCUT2D eigenvalue weighted by Crippen LogP contribution is 2.46. The minimum Gasteiger partial charge on any atom is -0.388 e. The van der Waals surface area contributed by atoms with Crippen LogP contribution < -0.4 is 0 Å². The summed E-state index contributed by atoms with van der Waals surface area (Å²) in [5, 5.41) is 10.6. The zero-order valence-corrected chi connectivity index (χ0v) is 11.9. The van der Waals surface area contributed by atoms with Gasteiger partial charge in [0.1, 0.15) is 0 Å². The Morgan fingerprint density at radius 2 is 1.89 bits per heavy atom. The van der Waals surface area contributed by atoms with Crippen LogP contribution in [0.25, 0.3) is 0 Å². The fourth-order valence-electron chi connectivity index (χ4n) is 4.21. The molecule has 0 aliphatic heterocycles. The van der Waals surface area contributed by atoms with Crippen LogP contribution in [0.4, 0.5) is 0 Å². The van der Waals surface area contributed by atoms with Gasteiger partial charge in [0.05, 0.1) is 6.10 Å². The van der Waals surface area contributed by atoms with Gasteiger partial charge in [0, 0.05) is 12.4 Å². The summed E-state index contributed by atoms with van der Waals surface area (Å²) in [5.41, 5.74) is 2.15. The molecule has 1 heterocycles. The van der Waals surface area contributed by atoms with Crippen molar-refractivity contribution >= 4 is 0 Å². The van der Waals surface area contributed by atoms with E-state index >= 15 is 0 Å². The lowest BCUT2D eigenvalue weighted by Gasteiger charge is -2.40. The Morgan fingerprint density at radius 3 is 2.68 bits per heavy atom. The van der Waals surface area contributed by atoms with Crippen LogP contribution in [0, 0.1) is 24.7 Å². The minimum atomic E-state index is -0.310. The van der Waals surface area contributed by atoms with E-state index in [0.29, 0.717) is 5.92 Å². The van der Waals surface area contributed by atoms with Gasteiger partial charge in [0.15, 0.2) is 0 Å². The van der Waals surface area contributed by atoms with Crippen molar-refractivity contribution in [3.05, 3.63) is 29.6 Å². The van der Waals surface area contributed by atoms with Crippen molar-refractivity contribution in [2.24, 2.45) is 17.8 Å². The number of hydrogen-bond donors (Lipinski definition) is 1. The average Bonchev–Trinajstić information content (AvgIpc) is 2.46. The fraction of sp³-hybridized carbons (Fsp3) is 0.706. The van der Waals surface area contributed by atoms with Crippen molar-refractivity contribution in [3.8, 4) is 0 Å². The normalized spacial score (nSPS) is 32.6. The minimum absolute atomic E-state index is 0.310. The predicted octanol–water partition coefficient (Wildman–Crippen LogP) is 4.03. The van der Waals surface area contributed by atoms with Crippen LogP contribution >= 0.6 is 0 Å². The van der Waals surface area contributed by atoms with Gasteiger partial charge in [-0.1, -0.05) is 31.7 Å². The first-order valence-electron chi connectivity index (χ1n) is 7.83. The zero-order valence-electron chi connectivity index (χ0n) is 11.9. The van der Waals surface area contributed by atoms with Gasteiger partial charge in [0.2, 0.25) is 0 Å². The molecule has 104 valence electrons. The van der Waals surface area contributed by atoms with Gasteiger partial charge >= 0.3 is 0 Å². The lowest BCUT2D eigenvalue weighted by molar-refractivity contribution is 0.0347. The van der Waals surface area contributed by atoms with Gasteiger partial charge in [-0.25, -0.2) is 0 Å².